The van der Waals surface area contributed by atoms with Crippen LogP contribution in [0.25, 0.3) is 0 Å². The molecule has 0 N–H and O–H groups in total. The lowest BCUT2D eigenvalue weighted by Gasteiger charge is -2.22. The van der Waals surface area contributed by atoms with Crippen LogP contribution in [0, 0.1) is 6.92 Å². The Balaban J connectivity index is 1.66. The SMILES string of the molecule is CC[C@@H]1CSC(=Nc2cccc(C)c2)N1C(=O)c1cc2c(s1)CCCC2. The van der Waals surface area contributed by atoms with Crippen LogP contribution < -0.4 is 0 Å². The van der Waals surface area contributed by atoms with E-state index in [0.717, 1.165) is 40.7 Å². The van der Waals surface area contributed by atoms with Gasteiger partial charge in [-0.05, 0) is 68.4 Å². The Morgan fingerprint density at radius 1 is 1.27 bits per heavy atom. The van der Waals surface area contributed by atoms with Crippen molar-refractivity contribution < 1.29 is 4.79 Å². The zero-order valence-electron chi connectivity index (χ0n) is 15.3. The Labute approximate surface area is 163 Å². The molecule has 1 amide bonds. The minimum Gasteiger partial charge on any atom is -0.282 e. The highest BCUT2D eigenvalue weighted by Crippen LogP contribution is 2.34. The number of carbonyl (C=O) groups excluding carboxylic acids is 1. The van der Waals surface area contributed by atoms with E-state index in [2.05, 4.69) is 32.0 Å². The molecule has 1 fully saturated rings. The van der Waals surface area contributed by atoms with Crippen molar-refractivity contribution in [3.8, 4) is 0 Å². The number of carbonyl (C=O) groups is 1. The maximum Gasteiger partial charge on any atom is 0.270 e. The van der Waals surface area contributed by atoms with Crippen LogP contribution in [0.2, 0.25) is 0 Å². The van der Waals surface area contributed by atoms with Gasteiger partial charge in [-0.3, -0.25) is 9.69 Å². The van der Waals surface area contributed by atoms with Crippen molar-refractivity contribution in [2.75, 3.05) is 5.75 Å². The van der Waals surface area contributed by atoms with Crippen molar-refractivity contribution >= 4 is 39.9 Å². The summed E-state index contributed by atoms with van der Waals surface area (Å²) >= 11 is 3.40. The van der Waals surface area contributed by atoms with Crippen molar-refractivity contribution in [2.24, 2.45) is 4.99 Å². The van der Waals surface area contributed by atoms with Crippen molar-refractivity contribution in [1.82, 2.24) is 4.90 Å². The predicted molar refractivity (Wildman–Crippen MR) is 112 cm³/mol. The van der Waals surface area contributed by atoms with Gasteiger partial charge in [-0.2, -0.15) is 0 Å². The van der Waals surface area contributed by atoms with Gasteiger partial charge in [0, 0.05) is 16.7 Å². The molecule has 4 rings (SSSR count). The summed E-state index contributed by atoms with van der Waals surface area (Å²) in [6.07, 6.45) is 5.70. The van der Waals surface area contributed by atoms with Crippen LogP contribution in [0.15, 0.2) is 35.3 Å². The van der Waals surface area contributed by atoms with Gasteiger partial charge in [-0.1, -0.05) is 30.8 Å². The van der Waals surface area contributed by atoms with Crippen LogP contribution >= 0.6 is 23.1 Å². The average Bonchev–Trinajstić information content (AvgIpc) is 3.25. The molecule has 1 atom stereocenters. The first-order valence-electron chi connectivity index (χ1n) is 9.39. The Kier molecular flexibility index (Phi) is 5.18. The molecule has 0 unspecified atom stereocenters. The van der Waals surface area contributed by atoms with Crippen LogP contribution in [0.1, 0.15) is 51.9 Å². The van der Waals surface area contributed by atoms with Gasteiger partial charge >= 0.3 is 0 Å². The van der Waals surface area contributed by atoms with E-state index in [9.17, 15) is 4.79 Å². The molecular weight excluding hydrogens is 360 g/mol. The summed E-state index contributed by atoms with van der Waals surface area (Å²) in [6.45, 7) is 4.22. The van der Waals surface area contributed by atoms with Gasteiger partial charge in [0.15, 0.2) is 5.17 Å². The Hall–Kier alpha value is -1.59. The van der Waals surface area contributed by atoms with Crippen LogP contribution in [0.5, 0.6) is 0 Å². The van der Waals surface area contributed by atoms with Gasteiger partial charge in [0.2, 0.25) is 0 Å². The fourth-order valence-electron chi connectivity index (χ4n) is 3.63. The van der Waals surface area contributed by atoms with E-state index in [0.29, 0.717) is 0 Å². The van der Waals surface area contributed by atoms with Crippen LogP contribution in [-0.4, -0.2) is 27.8 Å². The van der Waals surface area contributed by atoms with E-state index >= 15 is 0 Å². The Morgan fingerprint density at radius 2 is 2.12 bits per heavy atom. The minimum absolute atomic E-state index is 0.132. The average molecular weight is 385 g/mol. The number of amidine groups is 1. The second-order valence-corrected chi connectivity index (χ2v) is 9.17. The second-order valence-electron chi connectivity index (χ2n) is 7.05. The number of thioether (sulfide) groups is 1. The molecule has 0 saturated carbocycles. The third kappa shape index (κ3) is 3.47. The van der Waals surface area contributed by atoms with Gasteiger partial charge in [-0.25, -0.2) is 4.99 Å². The monoisotopic (exact) mass is 384 g/mol. The summed E-state index contributed by atoms with van der Waals surface area (Å²) < 4.78 is 0. The highest BCUT2D eigenvalue weighted by atomic mass is 32.2. The number of hydrogen-bond donors (Lipinski definition) is 0. The highest BCUT2D eigenvalue weighted by Gasteiger charge is 2.35. The highest BCUT2D eigenvalue weighted by molar-refractivity contribution is 8.14. The molecule has 1 aliphatic carbocycles. The quantitative estimate of drug-likeness (QED) is 0.691. The van der Waals surface area contributed by atoms with E-state index in [1.54, 1.807) is 23.1 Å². The lowest BCUT2D eigenvalue weighted by molar-refractivity contribution is 0.0824. The topological polar surface area (TPSA) is 32.7 Å². The van der Waals surface area contributed by atoms with Crippen LogP contribution in [-0.2, 0) is 12.8 Å². The van der Waals surface area contributed by atoms with E-state index in [1.165, 1.54) is 28.8 Å². The van der Waals surface area contributed by atoms with Gasteiger partial charge in [0.05, 0.1) is 10.6 Å². The number of hydrogen-bond acceptors (Lipinski definition) is 4. The number of thiophene rings is 1. The molecule has 2 aliphatic rings. The smallest absolute Gasteiger partial charge is 0.270 e. The molecule has 2 aromatic rings. The first-order chi connectivity index (χ1) is 12.7. The number of benzene rings is 1. The number of fused-ring (bicyclic) bond motifs is 1. The normalized spacial score (nSPS) is 21.2. The molecule has 3 nitrogen and oxygen atoms in total. The summed E-state index contributed by atoms with van der Waals surface area (Å²) in [5.74, 6) is 1.06. The van der Waals surface area contributed by atoms with E-state index < -0.39 is 0 Å². The number of aryl methyl sites for hydroxylation is 3. The van der Waals surface area contributed by atoms with Crippen LogP contribution in [0.4, 0.5) is 5.69 Å². The number of amides is 1. The van der Waals surface area contributed by atoms with Gasteiger partial charge in [0.25, 0.3) is 5.91 Å². The standard InChI is InChI=1S/C21H24N2OS2/c1-3-17-13-25-21(22-16-9-6-7-14(2)11-16)23(17)20(24)19-12-15-8-4-5-10-18(15)26-19/h6-7,9,11-12,17H,3-5,8,10,13H2,1-2H3/t17-/m1/s1. The predicted octanol–water partition coefficient (Wildman–Crippen LogP) is 5.59. The lowest BCUT2D eigenvalue weighted by Crippen LogP contribution is -2.38. The molecule has 0 spiro atoms. The Morgan fingerprint density at radius 3 is 2.88 bits per heavy atom. The van der Waals surface area contributed by atoms with Crippen molar-refractivity contribution in [3.63, 3.8) is 0 Å². The van der Waals surface area contributed by atoms with E-state index in [1.807, 2.05) is 17.0 Å². The van der Waals surface area contributed by atoms with E-state index in [-0.39, 0.29) is 11.9 Å². The van der Waals surface area contributed by atoms with E-state index in [4.69, 9.17) is 4.99 Å². The molecule has 0 radical (unpaired) electrons. The molecule has 1 saturated heterocycles. The van der Waals surface area contributed by atoms with Crippen molar-refractivity contribution in [1.29, 1.82) is 0 Å². The molecule has 1 aromatic heterocycles. The third-order valence-electron chi connectivity index (χ3n) is 5.10. The molecule has 136 valence electrons. The molecular formula is C21H24N2OS2. The first-order valence-corrected chi connectivity index (χ1v) is 11.2. The number of nitrogens with zero attached hydrogens (tertiary/aromatic N) is 2. The molecule has 2 heterocycles. The van der Waals surface area contributed by atoms with Crippen LogP contribution in [0.3, 0.4) is 0 Å². The number of rotatable bonds is 3. The fraction of sp³-hybridized carbons (Fsp3) is 0.429. The third-order valence-corrected chi connectivity index (χ3v) is 7.42. The second kappa shape index (κ2) is 7.57. The van der Waals surface area contributed by atoms with Gasteiger partial charge in [-0.15, -0.1) is 11.3 Å². The molecule has 26 heavy (non-hydrogen) atoms. The maximum absolute atomic E-state index is 13.3. The molecule has 1 aromatic carbocycles. The van der Waals surface area contributed by atoms with Gasteiger partial charge in [0.1, 0.15) is 0 Å². The van der Waals surface area contributed by atoms with Crippen molar-refractivity contribution in [2.45, 2.75) is 52.0 Å². The largest absolute Gasteiger partial charge is 0.282 e. The fourth-order valence-corrected chi connectivity index (χ4v) is 6.09. The zero-order valence-corrected chi connectivity index (χ0v) is 17.0. The summed E-state index contributed by atoms with van der Waals surface area (Å²) in [6, 6.07) is 10.5. The Bertz CT molecular complexity index is 832. The van der Waals surface area contributed by atoms with Crippen molar-refractivity contribution in [3.05, 3.63) is 51.2 Å². The summed E-state index contributed by atoms with van der Waals surface area (Å²) in [5, 5.41) is 0.846. The summed E-state index contributed by atoms with van der Waals surface area (Å²) in [5.41, 5.74) is 3.50. The minimum atomic E-state index is 0.132. The molecule has 0 bridgehead atoms. The summed E-state index contributed by atoms with van der Waals surface area (Å²) in [7, 11) is 0. The first kappa shape index (κ1) is 17.8. The summed E-state index contributed by atoms with van der Waals surface area (Å²) in [4.78, 5) is 22.4. The lowest BCUT2D eigenvalue weighted by atomic mass is 9.99. The number of aliphatic imine (C=N–C) groups is 1. The molecule has 1 aliphatic heterocycles. The maximum atomic E-state index is 13.3. The molecule has 5 heteroatoms. The zero-order chi connectivity index (χ0) is 18.1. The van der Waals surface area contributed by atoms with Gasteiger partial charge < -0.3 is 0 Å².